The third kappa shape index (κ3) is 3.14. The molecule has 0 saturated carbocycles. The molecule has 1 aromatic heterocycles. The van der Waals surface area contributed by atoms with Crippen molar-refractivity contribution < 1.29 is 9.84 Å². The molecule has 0 radical (unpaired) electrons. The van der Waals surface area contributed by atoms with E-state index in [9.17, 15) is 0 Å². The number of benzene rings is 1. The minimum absolute atomic E-state index is 0.0256. The molecule has 2 aromatic rings. The molecule has 1 aromatic carbocycles. The first-order valence-corrected chi connectivity index (χ1v) is 6.33. The second-order valence-corrected chi connectivity index (χ2v) is 4.67. The molecule has 4 nitrogen and oxygen atoms in total. The highest BCUT2D eigenvalue weighted by molar-refractivity contribution is 5.43. The Morgan fingerprint density at radius 1 is 1.20 bits per heavy atom. The van der Waals surface area contributed by atoms with E-state index in [1.54, 1.807) is 12.3 Å². The first-order chi connectivity index (χ1) is 9.63. The van der Waals surface area contributed by atoms with E-state index in [0.29, 0.717) is 12.3 Å². The molecule has 0 unspecified atom stereocenters. The van der Waals surface area contributed by atoms with Gasteiger partial charge in [0.2, 0.25) is 0 Å². The van der Waals surface area contributed by atoms with Crippen LogP contribution in [0.2, 0.25) is 0 Å². The summed E-state index contributed by atoms with van der Waals surface area (Å²) in [7, 11) is 0. The first kappa shape index (κ1) is 14.0. The number of aliphatic hydroxyl groups excluding tert-OH is 1. The van der Waals surface area contributed by atoms with Gasteiger partial charge < -0.3 is 9.84 Å². The van der Waals surface area contributed by atoms with E-state index >= 15 is 0 Å². The van der Waals surface area contributed by atoms with Gasteiger partial charge in [0.1, 0.15) is 24.1 Å². The van der Waals surface area contributed by atoms with Gasteiger partial charge in [-0.05, 0) is 48.2 Å². The lowest BCUT2D eigenvalue weighted by atomic mass is 10.1. The molecular formula is C16H16N2O2. The lowest BCUT2D eigenvalue weighted by Gasteiger charge is -2.13. The van der Waals surface area contributed by atoms with Crippen LogP contribution in [-0.2, 0) is 13.2 Å². The maximum atomic E-state index is 9.16. The van der Waals surface area contributed by atoms with Gasteiger partial charge in [0.05, 0.1) is 6.61 Å². The Kier molecular flexibility index (Phi) is 4.34. The van der Waals surface area contributed by atoms with E-state index in [2.05, 4.69) is 4.98 Å². The molecule has 20 heavy (non-hydrogen) atoms. The standard InChI is InChI=1S/C16H16N2O2/c1-11-5-14(9-19)6-12(2)16(11)20-10-13-3-4-18-15(7-13)8-17/h3-7,19H,9-10H2,1-2H3. The van der Waals surface area contributed by atoms with Gasteiger partial charge >= 0.3 is 0 Å². The highest BCUT2D eigenvalue weighted by atomic mass is 16.5. The van der Waals surface area contributed by atoms with Gasteiger partial charge in [-0.15, -0.1) is 0 Å². The smallest absolute Gasteiger partial charge is 0.140 e. The van der Waals surface area contributed by atoms with Crippen LogP contribution in [0.15, 0.2) is 30.5 Å². The first-order valence-electron chi connectivity index (χ1n) is 6.33. The van der Waals surface area contributed by atoms with E-state index in [4.69, 9.17) is 15.1 Å². The maximum absolute atomic E-state index is 9.16. The quantitative estimate of drug-likeness (QED) is 0.925. The molecule has 4 heteroatoms. The zero-order chi connectivity index (χ0) is 14.5. The highest BCUT2D eigenvalue weighted by Gasteiger charge is 2.07. The fraction of sp³-hybridized carbons (Fsp3) is 0.250. The fourth-order valence-corrected chi connectivity index (χ4v) is 2.14. The summed E-state index contributed by atoms with van der Waals surface area (Å²) in [6.07, 6.45) is 1.60. The summed E-state index contributed by atoms with van der Waals surface area (Å²) in [4.78, 5) is 3.93. The topological polar surface area (TPSA) is 66.1 Å². The number of hydrogen-bond donors (Lipinski definition) is 1. The van der Waals surface area contributed by atoms with Crippen molar-refractivity contribution in [3.05, 3.63) is 58.4 Å². The molecule has 0 amide bonds. The van der Waals surface area contributed by atoms with Crippen LogP contribution in [-0.4, -0.2) is 10.1 Å². The number of nitriles is 1. The lowest BCUT2D eigenvalue weighted by Crippen LogP contribution is -2.01. The molecule has 0 fully saturated rings. The Bertz CT molecular complexity index is 637. The van der Waals surface area contributed by atoms with E-state index in [0.717, 1.165) is 28.0 Å². The van der Waals surface area contributed by atoms with Crippen LogP contribution in [0.1, 0.15) is 27.9 Å². The van der Waals surface area contributed by atoms with Crippen molar-refractivity contribution in [3.63, 3.8) is 0 Å². The molecule has 0 aliphatic carbocycles. The number of pyridine rings is 1. The Labute approximate surface area is 118 Å². The molecule has 0 aliphatic heterocycles. The summed E-state index contributed by atoms with van der Waals surface area (Å²) in [6.45, 7) is 4.32. The molecular weight excluding hydrogens is 252 g/mol. The van der Waals surface area contributed by atoms with Gasteiger partial charge in [-0.2, -0.15) is 5.26 Å². The van der Waals surface area contributed by atoms with Crippen LogP contribution in [0.4, 0.5) is 0 Å². The summed E-state index contributed by atoms with van der Waals surface area (Å²) in [5.74, 6) is 0.817. The molecule has 0 bridgehead atoms. The van der Waals surface area contributed by atoms with Crippen LogP contribution < -0.4 is 4.74 Å². The van der Waals surface area contributed by atoms with Gasteiger partial charge in [0, 0.05) is 6.20 Å². The molecule has 2 rings (SSSR count). The van der Waals surface area contributed by atoms with E-state index < -0.39 is 0 Å². The second kappa shape index (κ2) is 6.18. The SMILES string of the molecule is Cc1cc(CO)cc(C)c1OCc1ccnc(C#N)c1. The monoisotopic (exact) mass is 268 g/mol. The Hall–Kier alpha value is -2.38. The average Bonchev–Trinajstić information content (AvgIpc) is 2.46. The average molecular weight is 268 g/mol. The predicted octanol–water partition coefficient (Wildman–Crippen LogP) is 2.64. The van der Waals surface area contributed by atoms with Crippen LogP contribution >= 0.6 is 0 Å². The maximum Gasteiger partial charge on any atom is 0.140 e. The third-order valence-corrected chi connectivity index (χ3v) is 3.02. The summed E-state index contributed by atoms with van der Waals surface area (Å²) < 4.78 is 5.83. The van der Waals surface area contributed by atoms with Crippen molar-refractivity contribution in [1.29, 1.82) is 5.26 Å². The van der Waals surface area contributed by atoms with Gasteiger partial charge in [-0.1, -0.05) is 12.1 Å². The number of rotatable bonds is 4. The highest BCUT2D eigenvalue weighted by Crippen LogP contribution is 2.25. The number of hydrogen-bond acceptors (Lipinski definition) is 4. The molecule has 0 atom stereocenters. The number of nitrogens with zero attached hydrogens (tertiary/aromatic N) is 2. The van der Waals surface area contributed by atoms with Crippen LogP contribution in [0.25, 0.3) is 0 Å². The van der Waals surface area contributed by atoms with Gasteiger partial charge in [-0.25, -0.2) is 4.98 Å². The summed E-state index contributed by atoms with van der Waals surface area (Å²) in [5, 5.41) is 18.0. The lowest BCUT2D eigenvalue weighted by molar-refractivity contribution is 0.280. The third-order valence-electron chi connectivity index (χ3n) is 3.02. The molecule has 102 valence electrons. The van der Waals surface area contributed by atoms with Crippen molar-refractivity contribution in [1.82, 2.24) is 4.98 Å². The van der Waals surface area contributed by atoms with Crippen LogP contribution in [0, 0.1) is 25.2 Å². The number of aromatic nitrogens is 1. The second-order valence-electron chi connectivity index (χ2n) is 4.67. The van der Waals surface area contributed by atoms with Gasteiger partial charge in [0.25, 0.3) is 0 Å². The van der Waals surface area contributed by atoms with Crippen molar-refractivity contribution in [3.8, 4) is 11.8 Å². The molecule has 0 aliphatic rings. The summed E-state index contributed by atoms with van der Waals surface area (Å²) in [6, 6.07) is 9.38. The van der Waals surface area contributed by atoms with Crippen molar-refractivity contribution in [2.75, 3.05) is 0 Å². The van der Waals surface area contributed by atoms with Gasteiger partial charge in [-0.3, -0.25) is 0 Å². The largest absolute Gasteiger partial charge is 0.488 e. The van der Waals surface area contributed by atoms with Crippen LogP contribution in [0.5, 0.6) is 5.75 Å². The Balaban J connectivity index is 2.17. The molecule has 0 saturated heterocycles. The minimum Gasteiger partial charge on any atom is -0.488 e. The van der Waals surface area contributed by atoms with E-state index in [-0.39, 0.29) is 6.61 Å². The normalized spacial score (nSPS) is 10.1. The minimum atomic E-state index is 0.0256. The van der Waals surface area contributed by atoms with E-state index in [1.807, 2.05) is 38.1 Å². The Morgan fingerprint density at radius 3 is 2.50 bits per heavy atom. The predicted molar refractivity (Wildman–Crippen MR) is 75.1 cm³/mol. The van der Waals surface area contributed by atoms with Crippen molar-refractivity contribution in [2.24, 2.45) is 0 Å². The molecule has 1 heterocycles. The Morgan fingerprint density at radius 2 is 1.90 bits per heavy atom. The number of ether oxygens (including phenoxy) is 1. The summed E-state index contributed by atoms with van der Waals surface area (Å²) in [5.41, 5.74) is 4.15. The zero-order valence-corrected chi connectivity index (χ0v) is 11.6. The fourth-order valence-electron chi connectivity index (χ4n) is 2.14. The molecule has 0 spiro atoms. The van der Waals surface area contributed by atoms with Crippen LogP contribution in [0.3, 0.4) is 0 Å². The summed E-state index contributed by atoms with van der Waals surface area (Å²) >= 11 is 0. The van der Waals surface area contributed by atoms with Crippen molar-refractivity contribution in [2.45, 2.75) is 27.1 Å². The van der Waals surface area contributed by atoms with Gasteiger partial charge in [0.15, 0.2) is 0 Å². The van der Waals surface area contributed by atoms with E-state index in [1.165, 1.54) is 0 Å². The molecule has 1 N–H and O–H groups in total. The number of aliphatic hydroxyl groups is 1. The van der Waals surface area contributed by atoms with Crippen molar-refractivity contribution >= 4 is 0 Å². The zero-order valence-electron chi connectivity index (χ0n) is 11.6. The number of aryl methyl sites for hydroxylation is 2.